The third-order valence-electron chi connectivity index (χ3n) is 3.42. The summed E-state index contributed by atoms with van der Waals surface area (Å²) in [4.78, 5) is 1.98. The van der Waals surface area contributed by atoms with Crippen molar-refractivity contribution in [1.82, 2.24) is 0 Å². The van der Waals surface area contributed by atoms with Crippen LogP contribution in [0.4, 0.5) is 11.4 Å². The van der Waals surface area contributed by atoms with Crippen molar-refractivity contribution in [3.8, 4) is 0 Å². The monoisotopic (exact) mass is 303 g/mol. The Labute approximate surface area is 129 Å². The molecular weight excluding hydrogens is 286 g/mol. The third-order valence-corrected chi connectivity index (χ3v) is 3.65. The van der Waals surface area contributed by atoms with Crippen LogP contribution in [0.5, 0.6) is 0 Å². The number of anilines is 2. The number of nitrogens with zero attached hydrogens (tertiary/aromatic N) is 2. The molecule has 0 spiro atoms. The fourth-order valence-electron chi connectivity index (χ4n) is 2.36. The van der Waals surface area contributed by atoms with E-state index in [1.54, 1.807) is 18.2 Å². The van der Waals surface area contributed by atoms with Gasteiger partial charge >= 0.3 is 0 Å². The van der Waals surface area contributed by atoms with Gasteiger partial charge in [-0.1, -0.05) is 34.5 Å². The lowest BCUT2D eigenvalue weighted by atomic mass is 10.1. The first-order chi connectivity index (χ1) is 9.93. The second-order valence-electron chi connectivity index (χ2n) is 5.00. The van der Waals surface area contributed by atoms with Crippen LogP contribution in [0.2, 0.25) is 5.02 Å². The van der Waals surface area contributed by atoms with E-state index in [-0.39, 0.29) is 5.84 Å². The molecule has 0 aromatic heterocycles. The summed E-state index contributed by atoms with van der Waals surface area (Å²) in [6.45, 7) is 4.10. The summed E-state index contributed by atoms with van der Waals surface area (Å²) in [5.74, 6) is 0.0540. The summed E-state index contributed by atoms with van der Waals surface area (Å²) in [6.07, 6.45) is 0. The van der Waals surface area contributed by atoms with Crippen molar-refractivity contribution in [2.24, 2.45) is 10.9 Å². The Hall–Kier alpha value is -2.20. The summed E-state index contributed by atoms with van der Waals surface area (Å²) in [5, 5.41) is 12.6. The van der Waals surface area contributed by atoms with Crippen LogP contribution >= 0.6 is 11.6 Å². The SMILES string of the molecule is Cc1ccc(N(C)c2cc(Cl)ccc2C(N)=NO)c(C)c1. The highest BCUT2D eigenvalue weighted by Crippen LogP contribution is 2.32. The van der Waals surface area contributed by atoms with Gasteiger partial charge < -0.3 is 15.8 Å². The van der Waals surface area contributed by atoms with Crippen LogP contribution in [0.25, 0.3) is 0 Å². The molecule has 0 radical (unpaired) electrons. The van der Waals surface area contributed by atoms with Gasteiger partial charge in [0.25, 0.3) is 0 Å². The van der Waals surface area contributed by atoms with E-state index in [9.17, 15) is 0 Å². The minimum Gasteiger partial charge on any atom is -0.409 e. The van der Waals surface area contributed by atoms with E-state index < -0.39 is 0 Å². The molecule has 0 aliphatic heterocycles. The van der Waals surface area contributed by atoms with Crippen molar-refractivity contribution in [2.45, 2.75) is 13.8 Å². The van der Waals surface area contributed by atoms with Gasteiger partial charge in [0.1, 0.15) is 0 Å². The first-order valence-electron chi connectivity index (χ1n) is 6.52. The van der Waals surface area contributed by atoms with Crippen molar-refractivity contribution >= 4 is 28.8 Å². The maximum absolute atomic E-state index is 8.94. The minimum absolute atomic E-state index is 0.0540. The van der Waals surface area contributed by atoms with Gasteiger partial charge in [-0.05, 0) is 43.7 Å². The van der Waals surface area contributed by atoms with Crippen molar-refractivity contribution in [3.05, 3.63) is 58.1 Å². The van der Waals surface area contributed by atoms with Gasteiger partial charge in [0.15, 0.2) is 5.84 Å². The highest BCUT2D eigenvalue weighted by atomic mass is 35.5. The summed E-state index contributed by atoms with van der Waals surface area (Å²) < 4.78 is 0. The van der Waals surface area contributed by atoms with Gasteiger partial charge in [-0.25, -0.2) is 0 Å². The quantitative estimate of drug-likeness (QED) is 0.392. The van der Waals surface area contributed by atoms with E-state index in [1.807, 2.05) is 31.0 Å². The zero-order valence-electron chi connectivity index (χ0n) is 12.3. The number of amidine groups is 1. The highest BCUT2D eigenvalue weighted by molar-refractivity contribution is 6.31. The standard InChI is InChI=1S/C16H18ClN3O/c1-10-4-7-14(11(2)8-10)20(3)15-9-12(17)5-6-13(15)16(18)19-21/h4-9,21H,1-3H3,(H2,18,19). The second-order valence-corrected chi connectivity index (χ2v) is 5.43. The van der Waals surface area contributed by atoms with Crippen LogP contribution in [-0.2, 0) is 0 Å². The lowest BCUT2D eigenvalue weighted by Crippen LogP contribution is -2.20. The Morgan fingerprint density at radius 3 is 2.48 bits per heavy atom. The molecule has 2 rings (SSSR count). The van der Waals surface area contributed by atoms with Crippen LogP contribution in [0, 0.1) is 13.8 Å². The average molecular weight is 304 g/mol. The average Bonchev–Trinajstić information content (AvgIpc) is 2.45. The lowest BCUT2D eigenvalue weighted by Gasteiger charge is -2.24. The van der Waals surface area contributed by atoms with Gasteiger partial charge in [0, 0.05) is 23.3 Å². The first kappa shape index (κ1) is 15.2. The summed E-state index contributed by atoms with van der Waals surface area (Å²) >= 11 is 6.09. The zero-order valence-corrected chi connectivity index (χ0v) is 13.0. The molecule has 0 unspecified atom stereocenters. The maximum Gasteiger partial charge on any atom is 0.172 e. The van der Waals surface area contributed by atoms with Crippen LogP contribution < -0.4 is 10.6 Å². The van der Waals surface area contributed by atoms with E-state index >= 15 is 0 Å². The molecule has 2 aromatic carbocycles. The van der Waals surface area contributed by atoms with Crippen molar-refractivity contribution in [1.29, 1.82) is 0 Å². The van der Waals surface area contributed by atoms with Gasteiger partial charge in [0.05, 0.1) is 5.69 Å². The minimum atomic E-state index is 0.0540. The maximum atomic E-state index is 8.94. The summed E-state index contributed by atoms with van der Waals surface area (Å²) in [5.41, 5.74) is 10.5. The van der Waals surface area contributed by atoms with E-state index in [1.165, 1.54) is 5.56 Å². The van der Waals surface area contributed by atoms with Crippen molar-refractivity contribution in [2.75, 3.05) is 11.9 Å². The van der Waals surface area contributed by atoms with Crippen LogP contribution in [0.15, 0.2) is 41.6 Å². The number of halogens is 1. The molecule has 0 atom stereocenters. The molecule has 0 fully saturated rings. The Balaban J connectivity index is 2.57. The number of nitrogens with two attached hydrogens (primary N) is 1. The Kier molecular flexibility index (Phi) is 4.38. The third kappa shape index (κ3) is 3.11. The lowest BCUT2D eigenvalue weighted by molar-refractivity contribution is 0.318. The molecule has 5 heteroatoms. The van der Waals surface area contributed by atoms with Gasteiger partial charge in [-0.2, -0.15) is 0 Å². The first-order valence-corrected chi connectivity index (χ1v) is 6.90. The zero-order chi connectivity index (χ0) is 15.6. The van der Waals surface area contributed by atoms with Gasteiger partial charge in [-0.3, -0.25) is 0 Å². The molecule has 110 valence electrons. The Morgan fingerprint density at radius 2 is 1.86 bits per heavy atom. The molecular formula is C16H18ClN3O. The number of hydrogen-bond acceptors (Lipinski definition) is 3. The second kappa shape index (κ2) is 6.06. The molecule has 0 heterocycles. The molecule has 0 aliphatic carbocycles. The van der Waals surface area contributed by atoms with Gasteiger partial charge in [-0.15, -0.1) is 0 Å². The fraction of sp³-hybridized carbons (Fsp3) is 0.188. The molecule has 0 bridgehead atoms. The van der Waals surface area contributed by atoms with E-state index in [4.69, 9.17) is 22.5 Å². The molecule has 2 aromatic rings. The smallest absolute Gasteiger partial charge is 0.172 e. The van der Waals surface area contributed by atoms with Crippen molar-refractivity contribution < 1.29 is 5.21 Å². The summed E-state index contributed by atoms with van der Waals surface area (Å²) in [7, 11) is 1.93. The highest BCUT2D eigenvalue weighted by Gasteiger charge is 2.14. The number of aryl methyl sites for hydroxylation is 2. The topological polar surface area (TPSA) is 61.8 Å². The number of rotatable bonds is 3. The largest absolute Gasteiger partial charge is 0.409 e. The number of hydrogen-bond donors (Lipinski definition) is 2. The van der Waals surface area contributed by atoms with E-state index in [0.29, 0.717) is 10.6 Å². The molecule has 0 saturated carbocycles. The molecule has 0 amide bonds. The number of oxime groups is 1. The molecule has 21 heavy (non-hydrogen) atoms. The summed E-state index contributed by atoms with van der Waals surface area (Å²) in [6, 6.07) is 11.5. The van der Waals surface area contributed by atoms with E-state index in [2.05, 4.69) is 18.1 Å². The predicted molar refractivity (Wildman–Crippen MR) is 87.9 cm³/mol. The van der Waals surface area contributed by atoms with Gasteiger partial charge in [0.2, 0.25) is 0 Å². The predicted octanol–water partition coefficient (Wildman–Crippen LogP) is 3.82. The molecule has 4 nitrogen and oxygen atoms in total. The molecule has 0 saturated heterocycles. The molecule has 3 N–H and O–H groups in total. The van der Waals surface area contributed by atoms with E-state index in [0.717, 1.165) is 16.9 Å². The Bertz CT molecular complexity index is 698. The van der Waals surface area contributed by atoms with Crippen molar-refractivity contribution in [3.63, 3.8) is 0 Å². The fourth-order valence-corrected chi connectivity index (χ4v) is 2.53. The van der Waals surface area contributed by atoms with Crippen LogP contribution in [-0.4, -0.2) is 18.1 Å². The Morgan fingerprint density at radius 1 is 1.14 bits per heavy atom. The number of benzene rings is 2. The normalized spacial score (nSPS) is 11.5. The van der Waals surface area contributed by atoms with Crippen LogP contribution in [0.3, 0.4) is 0 Å². The molecule has 0 aliphatic rings. The van der Waals surface area contributed by atoms with Crippen LogP contribution in [0.1, 0.15) is 16.7 Å².